The number of nitrogens with zero attached hydrogens (tertiary/aromatic N) is 1. The molecular formula is C29H46N2O9. The number of carbonyl (C=O) groups is 3. The molecule has 2 heterocycles. The van der Waals surface area contributed by atoms with Gasteiger partial charge in [0, 0.05) is 25.5 Å². The van der Waals surface area contributed by atoms with Crippen molar-refractivity contribution in [3.63, 3.8) is 0 Å². The number of aromatic nitrogens is 1. The lowest BCUT2D eigenvalue weighted by molar-refractivity contribution is -0.161. The van der Waals surface area contributed by atoms with E-state index in [0.29, 0.717) is 32.0 Å². The van der Waals surface area contributed by atoms with Crippen molar-refractivity contribution in [1.82, 2.24) is 10.3 Å². The summed E-state index contributed by atoms with van der Waals surface area (Å²) >= 11 is 0. The predicted octanol–water partition coefficient (Wildman–Crippen LogP) is 4.07. The molecule has 1 aliphatic rings. The van der Waals surface area contributed by atoms with Gasteiger partial charge in [0.05, 0.1) is 13.2 Å². The molecule has 1 saturated heterocycles. The minimum Gasteiger partial charge on any atom is -0.493 e. The first kappa shape index (κ1) is 33.3. The normalized spacial score (nSPS) is 21.5. The zero-order valence-corrected chi connectivity index (χ0v) is 24.7. The van der Waals surface area contributed by atoms with Crippen molar-refractivity contribution < 1.29 is 42.8 Å². The molecule has 0 bridgehead atoms. The number of cyclic esters (lactones) is 1. The van der Waals surface area contributed by atoms with E-state index in [1.807, 2.05) is 6.92 Å². The third kappa shape index (κ3) is 10.6. The molecule has 4 atom stereocenters. The maximum absolute atomic E-state index is 13.3. The van der Waals surface area contributed by atoms with Gasteiger partial charge in [-0.25, -0.2) is 14.6 Å². The lowest BCUT2D eigenvalue weighted by Crippen LogP contribution is -2.44. The second-order valence-corrected chi connectivity index (χ2v) is 10.3. The SMILES string of the molecule is CCCO[C@@H]1[C@@H](CCC(C)C)CCC[C@H](NC(=O)c2nccc(OC)c2OCOC(=O)COCC)C(=O)O[C@H]1C. The molecule has 0 saturated carbocycles. The Morgan fingerprint density at radius 1 is 1.23 bits per heavy atom. The van der Waals surface area contributed by atoms with Gasteiger partial charge in [-0.1, -0.05) is 33.6 Å². The van der Waals surface area contributed by atoms with Crippen molar-refractivity contribution in [3.05, 3.63) is 18.0 Å². The van der Waals surface area contributed by atoms with Crippen LogP contribution >= 0.6 is 0 Å². The average Bonchev–Trinajstić information content (AvgIpc) is 2.97. The smallest absolute Gasteiger partial charge is 0.334 e. The molecular weight excluding hydrogens is 520 g/mol. The van der Waals surface area contributed by atoms with Gasteiger partial charge >= 0.3 is 11.9 Å². The fourth-order valence-electron chi connectivity index (χ4n) is 4.59. The maximum atomic E-state index is 13.3. The third-order valence-corrected chi connectivity index (χ3v) is 6.67. The summed E-state index contributed by atoms with van der Waals surface area (Å²) in [6, 6.07) is 0.633. The number of carbonyl (C=O) groups excluding carboxylic acids is 3. The molecule has 1 fully saturated rings. The Hall–Kier alpha value is -2.92. The summed E-state index contributed by atoms with van der Waals surface area (Å²) in [5.41, 5.74) is -0.111. The minimum atomic E-state index is -0.879. The molecule has 0 radical (unpaired) electrons. The van der Waals surface area contributed by atoms with Gasteiger partial charge in [0.1, 0.15) is 18.8 Å². The topological polar surface area (TPSA) is 132 Å². The average molecular weight is 567 g/mol. The van der Waals surface area contributed by atoms with Crippen molar-refractivity contribution in [2.24, 2.45) is 11.8 Å². The largest absolute Gasteiger partial charge is 0.493 e. The van der Waals surface area contributed by atoms with Crippen LogP contribution in [0.4, 0.5) is 0 Å². The van der Waals surface area contributed by atoms with Gasteiger partial charge in [0.25, 0.3) is 5.91 Å². The van der Waals surface area contributed by atoms with Crippen LogP contribution in [0.5, 0.6) is 11.5 Å². The summed E-state index contributed by atoms with van der Waals surface area (Å²) in [6.07, 6.45) is 5.61. The summed E-state index contributed by atoms with van der Waals surface area (Å²) in [5, 5.41) is 2.76. The van der Waals surface area contributed by atoms with E-state index in [9.17, 15) is 14.4 Å². The quantitative estimate of drug-likeness (QED) is 0.245. The van der Waals surface area contributed by atoms with Crippen LogP contribution in [0.3, 0.4) is 0 Å². The fourth-order valence-corrected chi connectivity index (χ4v) is 4.59. The lowest BCUT2D eigenvalue weighted by Gasteiger charge is -2.31. The number of ether oxygens (including phenoxy) is 6. The van der Waals surface area contributed by atoms with Crippen LogP contribution < -0.4 is 14.8 Å². The van der Waals surface area contributed by atoms with E-state index < -0.39 is 36.8 Å². The van der Waals surface area contributed by atoms with Crippen molar-refractivity contribution in [3.8, 4) is 11.5 Å². The molecule has 226 valence electrons. The molecule has 1 aromatic heterocycles. The highest BCUT2D eigenvalue weighted by molar-refractivity contribution is 5.98. The highest BCUT2D eigenvalue weighted by atomic mass is 16.7. The minimum absolute atomic E-state index is 0.0155. The molecule has 1 amide bonds. The van der Waals surface area contributed by atoms with E-state index in [0.717, 1.165) is 25.7 Å². The molecule has 0 aromatic carbocycles. The number of amides is 1. The molecule has 1 N–H and O–H groups in total. The van der Waals surface area contributed by atoms with E-state index in [2.05, 4.69) is 31.1 Å². The van der Waals surface area contributed by atoms with Crippen LogP contribution in [0.15, 0.2) is 12.3 Å². The fraction of sp³-hybridized carbons (Fsp3) is 0.724. The summed E-state index contributed by atoms with van der Waals surface area (Å²) in [4.78, 5) is 42.4. The Balaban J connectivity index is 2.16. The summed E-state index contributed by atoms with van der Waals surface area (Å²) in [6.45, 7) is 10.3. The summed E-state index contributed by atoms with van der Waals surface area (Å²) < 4.78 is 32.9. The van der Waals surface area contributed by atoms with E-state index in [1.165, 1.54) is 19.4 Å². The zero-order chi connectivity index (χ0) is 29.5. The van der Waals surface area contributed by atoms with Crippen LogP contribution in [-0.2, 0) is 28.5 Å². The number of esters is 2. The Labute approximate surface area is 237 Å². The monoisotopic (exact) mass is 566 g/mol. The predicted molar refractivity (Wildman–Crippen MR) is 147 cm³/mol. The van der Waals surface area contributed by atoms with Gasteiger partial charge in [-0.15, -0.1) is 0 Å². The van der Waals surface area contributed by atoms with E-state index in [4.69, 9.17) is 28.4 Å². The number of hydrogen-bond acceptors (Lipinski definition) is 10. The number of nitrogens with one attached hydrogen (secondary N) is 1. The van der Waals surface area contributed by atoms with Crippen molar-refractivity contribution >= 4 is 17.8 Å². The molecule has 0 spiro atoms. The second kappa shape index (κ2) is 17.7. The number of rotatable bonds is 15. The van der Waals surface area contributed by atoms with Crippen molar-refractivity contribution in [2.45, 2.75) is 91.4 Å². The molecule has 40 heavy (non-hydrogen) atoms. The van der Waals surface area contributed by atoms with Crippen molar-refractivity contribution in [2.75, 3.05) is 33.7 Å². The first-order valence-corrected chi connectivity index (χ1v) is 14.2. The highest BCUT2D eigenvalue weighted by Gasteiger charge is 2.35. The summed E-state index contributed by atoms with van der Waals surface area (Å²) in [5.74, 6) is -0.773. The van der Waals surface area contributed by atoms with Crippen LogP contribution in [-0.4, -0.2) is 74.8 Å². The van der Waals surface area contributed by atoms with Crippen molar-refractivity contribution in [1.29, 1.82) is 0 Å². The molecule has 11 nitrogen and oxygen atoms in total. The van der Waals surface area contributed by atoms with E-state index in [1.54, 1.807) is 6.92 Å². The molecule has 11 heteroatoms. The second-order valence-electron chi connectivity index (χ2n) is 10.3. The summed E-state index contributed by atoms with van der Waals surface area (Å²) in [7, 11) is 1.41. The highest BCUT2D eigenvalue weighted by Crippen LogP contribution is 2.31. The number of pyridine rings is 1. The third-order valence-electron chi connectivity index (χ3n) is 6.67. The standard InChI is InChI=1S/C29H46N2O9/c1-7-16-37-26-20(5)40-29(34)22(11-9-10-21(26)13-12-19(3)4)31-28(33)25-27(23(35-6)14-15-30-25)39-18-38-24(32)17-36-8-2/h14-15,19-22,26H,7-13,16-18H2,1-6H3,(H,31,33)/t20-,21+,22-,26-/m0/s1. The molecule has 1 aliphatic heterocycles. The molecule has 0 aliphatic carbocycles. The Morgan fingerprint density at radius 3 is 2.67 bits per heavy atom. The molecule has 1 aromatic rings. The Morgan fingerprint density at radius 2 is 2.00 bits per heavy atom. The zero-order valence-electron chi connectivity index (χ0n) is 24.7. The first-order valence-electron chi connectivity index (χ1n) is 14.2. The van der Waals surface area contributed by atoms with Gasteiger partial charge in [-0.05, 0) is 51.4 Å². The van der Waals surface area contributed by atoms with Gasteiger partial charge in [-0.3, -0.25) is 4.79 Å². The van der Waals surface area contributed by atoms with Crippen LogP contribution in [0, 0.1) is 11.8 Å². The Kier molecular flexibility index (Phi) is 14.7. The van der Waals surface area contributed by atoms with Crippen LogP contribution in [0.1, 0.15) is 83.6 Å². The van der Waals surface area contributed by atoms with Crippen LogP contribution in [0.25, 0.3) is 0 Å². The number of methoxy groups -OCH3 is 1. The van der Waals surface area contributed by atoms with Crippen LogP contribution in [0.2, 0.25) is 0 Å². The first-order chi connectivity index (χ1) is 19.2. The van der Waals surface area contributed by atoms with Gasteiger partial charge in [0.15, 0.2) is 17.2 Å². The van der Waals surface area contributed by atoms with E-state index >= 15 is 0 Å². The van der Waals surface area contributed by atoms with E-state index in [-0.39, 0.29) is 35.8 Å². The van der Waals surface area contributed by atoms with Gasteiger partial charge < -0.3 is 33.7 Å². The molecule has 0 unspecified atom stereocenters. The maximum Gasteiger partial charge on any atom is 0.334 e. The van der Waals surface area contributed by atoms with Gasteiger partial charge in [-0.2, -0.15) is 0 Å². The number of hydrogen-bond donors (Lipinski definition) is 1. The Bertz CT molecular complexity index is 940. The lowest BCUT2D eigenvalue weighted by atomic mass is 9.86. The molecule has 2 rings (SSSR count). The van der Waals surface area contributed by atoms with Gasteiger partial charge in [0.2, 0.25) is 6.79 Å².